The Morgan fingerprint density at radius 3 is 2.62 bits per heavy atom. The maximum Gasteiger partial charge on any atom is 0.229 e. The minimum absolute atomic E-state index is 0.0580. The van der Waals surface area contributed by atoms with Gasteiger partial charge in [0.25, 0.3) is 0 Å². The number of carbonyl (C=O) groups excluding carboxylic acids is 1. The third-order valence-electron chi connectivity index (χ3n) is 6.64. The summed E-state index contributed by atoms with van der Waals surface area (Å²) in [5.41, 5.74) is 2.69. The molecule has 3 aromatic rings. The lowest BCUT2D eigenvalue weighted by Gasteiger charge is -2.33. The van der Waals surface area contributed by atoms with Gasteiger partial charge < -0.3 is 14.5 Å². The first kappa shape index (κ1) is 22.3. The quantitative estimate of drug-likeness (QED) is 0.549. The van der Waals surface area contributed by atoms with Crippen LogP contribution in [-0.2, 0) is 24.2 Å². The van der Waals surface area contributed by atoms with Gasteiger partial charge in [-0.05, 0) is 36.5 Å². The van der Waals surface area contributed by atoms with Crippen molar-refractivity contribution in [3.63, 3.8) is 0 Å². The summed E-state index contributed by atoms with van der Waals surface area (Å²) in [4.78, 5) is 26.7. The van der Waals surface area contributed by atoms with Crippen LogP contribution in [0.15, 0.2) is 54.6 Å². The van der Waals surface area contributed by atoms with Crippen molar-refractivity contribution >= 4 is 11.9 Å². The number of halogens is 1. The summed E-state index contributed by atoms with van der Waals surface area (Å²) >= 11 is 0. The molecule has 2 aliphatic heterocycles. The Bertz CT molecular complexity index is 1160. The molecule has 2 aromatic carbocycles. The third kappa shape index (κ3) is 5.03. The van der Waals surface area contributed by atoms with E-state index in [0.717, 1.165) is 42.8 Å². The summed E-state index contributed by atoms with van der Waals surface area (Å²) in [6, 6.07) is 15.8. The summed E-state index contributed by atoms with van der Waals surface area (Å²) in [5, 5.41) is 0. The fourth-order valence-corrected chi connectivity index (χ4v) is 4.54. The SMILES string of the molecule is CC1CCN(c2nc3c(c(Oc4cccc(F)c4)n2)CN(C(=O)Cc2ccccc2)CC3)CC1. The first-order chi connectivity index (χ1) is 16.5. The van der Waals surface area contributed by atoms with Crippen LogP contribution in [0.1, 0.15) is 36.6 Å². The van der Waals surface area contributed by atoms with Crippen LogP contribution in [0.3, 0.4) is 0 Å². The molecule has 6 nitrogen and oxygen atoms in total. The van der Waals surface area contributed by atoms with Crippen molar-refractivity contribution in [3.05, 3.63) is 77.2 Å². The number of benzene rings is 2. The molecule has 1 saturated heterocycles. The molecule has 0 atom stereocenters. The molecule has 1 fully saturated rings. The Morgan fingerprint density at radius 2 is 1.85 bits per heavy atom. The summed E-state index contributed by atoms with van der Waals surface area (Å²) in [7, 11) is 0. The summed E-state index contributed by atoms with van der Waals surface area (Å²) in [5.74, 6) is 1.82. The van der Waals surface area contributed by atoms with Crippen LogP contribution in [0.2, 0.25) is 0 Å². The van der Waals surface area contributed by atoms with E-state index >= 15 is 0 Å². The number of carbonyl (C=O) groups is 1. The van der Waals surface area contributed by atoms with Gasteiger partial charge in [0.1, 0.15) is 11.6 Å². The first-order valence-corrected chi connectivity index (χ1v) is 11.9. The molecule has 3 heterocycles. The number of ether oxygens (including phenoxy) is 1. The van der Waals surface area contributed by atoms with Crippen molar-refractivity contribution in [3.8, 4) is 11.6 Å². The zero-order chi connectivity index (χ0) is 23.5. The van der Waals surface area contributed by atoms with Gasteiger partial charge in [-0.1, -0.05) is 43.3 Å². The molecule has 0 aliphatic carbocycles. The first-order valence-electron chi connectivity index (χ1n) is 11.9. The van der Waals surface area contributed by atoms with Crippen LogP contribution in [0, 0.1) is 11.7 Å². The van der Waals surface area contributed by atoms with Gasteiger partial charge in [0.2, 0.25) is 17.7 Å². The van der Waals surface area contributed by atoms with Gasteiger partial charge >= 0.3 is 0 Å². The highest BCUT2D eigenvalue weighted by atomic mass is 19.1. The molecular formula is C27H29FN4O2. The lowest BCUT2D eigenvalue weighted by molar-refractivity contribution is -0.131. The van der Waals surface area contributed by atoms with Crippen molar-refractivity contribution in [1.82, 2.24) is 14.9 Å². The number of nitrogens with zero attached hydrogens (tertiary/aromatic N) is 4. The summed E-state index contributed by atoms with van der Waals surface area (Å²) in [6.07, 6.45) is 3.18. The normalized spacial score (nSPS) is 16.3. The number of aromatic nitrogens is 2. The molecule has 0 bridgehead atoms. The predicted octanol–water partition coefficient (Wildman–Crippen LogP) is 4.77. The van der Waals surface area contributed by atoms with Crippen molar-refractivity contribution in [2.75, 3.05) is 24.5 Å². The lowest BCUT2D eigenvalue weighted by atomic mass is 9.99. The van der Waals surface area contributed by atoms with E-state index < -0.39 is 0 Å². The van der Waals surface area contributed by atoms with Crippen molar-refractivity contribution < 1.29 is 13.9 Å². The molecule has 176 valence electrons. The minimum Gasteiger partial charge on any atom is -0.438 e. The highest BCUT2D eigenvalue weighted by Crippen LogP contribution is 2.33. The molecule has 7 heteroatoms. The van der Waals surface area contributed by atoms with Gasteiger partial charge in [-0.15, -0.1) is 0 Å². The number of rotatable bonds is 5. The smallest absolute Gasteiger partial charge is 0.229 e. The van der Waals surface area contributed by atoms with E-state index in [4.69, 9.17) is 14.7 Å². The number of amides is 1. The van der Waals surface area contributed by atoms with Crippen LogP contribution in [0.4, 0.5) is 10.3 Å². The summed E-state index contributed by atoms with van der Waals surface area (Å²) in [6.45, 7) is 5.06. The second kappa shape index (κ2) is 9.79. The molecule has 1 aromatic heterocycles. The molecule has 0 saturated carbocycles. The molecule has 0 unspecified atom stereocenters. The Morgan fingerprint density at radius 1 is 1.06 bits per heavy atom. The van der Waals surface area contributed by atoms with Crippen LogP contribution in [0.5, 0.6) is 11.6 Å². The second-order valence-corrected chi connectivity index (χ2v) is 9.21. The fraction of sp³-hybridized carbons (Fsp3) is 0.370. The van der Waals surface area contributed by atoms with E-state index in [1.807, 2.05) is 35.2 Å². The number of hydrogen-bond donors (Lipinski definition) is 0. The van der Waals surface area contributed by atoms with Crippen LogP contribution in [0.25, 0.3) is 0 Å². The average Bonchev–Trinajstić information content (AvgIpc) is 2.85. The van der Waals surface area contributed by atoms with E-state index in [2.05, 4.69) is 11.8 Å². The molecule has 2 aliphatic rings. The molecular weight excluding hydrogens is 431 g/mol. The maximum absolute atomic E-state index is 13.8. The number of anilines is 1. The van der Waals surface area contributed by atoms with Gasteiger partial charge in [-0.2, -0.15) is 4.98 Å². The zero-order valence-corrected chi connectivity index (χ0v) is 19.4. The van der Waals surface area contributed by atoms with Gasteiger partial charge in [-0.3, -0.25) is 4.79 Å². The fourth-order valence-electron chi connectivity index (χ4n) is 4.54. The van der Waals surface area contributed by atoms with Gasteiger partial charge in [0.05, 0.1) is 24.2 Å². The van der Waals surface area contributed by atoms with E-state index in [-0.39, 0.29) is 11.7 Å². The molecule has 1 amide bonds. The van der Waals surface area contributed by atoms with Gasteiger partial charge in [0, 0.05) is 32.1 Å². The standard InChI is InChI=1S/C27H29FN4O2/c1-19-10-13-31(14-11-19)27-29-24-12-15-32(25(33)16-20-6-3-2-4-7-20)18-23(24)26(30-27)34-22-9-5-8-21(28)17-22/h2-9,17,19H,10-16,18H2,1H3. The number of hydrogen-bond acceptors (Lipinski definition) is 5. The summed E-state index contributed by atoms with van der Waals surface area (Å²) < 4.78 is 19.9. The topological polar surface area (TPSA) is 58.6 Å². The third-order valence-corrected chi connectivity index (χ3v) is 6.64. The predicted molar refractivity (Wildman–Crippen MR) is 128 cm³/mol. The highest BCUT2D eigenvalue weighted by Gasteiger charge is 2.28. The van der Waals surface area contributed by atoms with Crippen LogP contribution in [-0.4, -0.2) is 40.4 Å². The Kier molecular flexibility index (Phi) is 6.43. The number of piperidine rings is 1. The minimum atomic E-state index is -0.370. The Hall–Kier alpha value is -3.48. The Labute approximate surface area is 199 Å². The molecule has 5 rings (SSSR count). The highest BCUT2D eigenvalue weighted by molar-refractivity contribution is 5.79. The maximum atomic E-state index is 13.8. The molecule has 34 heavy (non-hydrogen) atoms. The second-order valence-electron chi connectivity index (χ2n) is 9.21. The lowest BCUT2D eigenvalue weighted by Crippen LogP contribution is -2.39. The molecule has 0 spiro atoms. The van der Waals surface area contributed by atoms with Crippen molar-refractivity contribution in [2.24, 2.45) is 5.92 Å². The average molecular weight is 461 g/mol. The van der Waals surface area contributed by atoms with Crippen LogP contribution >= 0.6 is 0 Å². The van der Waals surface area contributed by atoms with Crippen molar-refractivity contribution in [2.45, 2.75) is 39.2 Å². The van der Waals surface area contributed by atoms with E-state index in [0.29, 0.717) is 49.4 Å². The van der Waals surface area contributed by atoms with Crippen LogP contribution < -0.4 is 9.64 Å². The molecule has 0 radical (unpaired) electrons. The van der Waals surface area contributed by atoms with E-state index in [1.165, 1.54) is 12.1 Å². The Balaban J connectivity index is 1.43. The van der Waals surface area contributed by atoms with Gasteiger partial charge in [-0.25, -0.2) is 9.37 Å². The largest absolute Gasteiger partial charge is 0.438 e. The zero-order valence-electron chi connectivity index (χ0n) is 19.4. The van der Waals surface area contributed by atoms with E-state index in [9.17, 15) is 9.18 Å². The number of fused-ring (bicyclic) bond motifs is 1. The molecule has 0 N–H and O–H groups in total. The monoisotopic (exact) mass is 460 g/mol. The van der Waals surface area contributed by atoms with Crippen molar-refractivity contribution in [1.29, 1.82) is 0 Å². The van der Waals surface area contributed by atoms with E-state index in [1.54, 1.807) is 12.1 Å². The van der Waals surface area contributed by atoms with Gasteiger partial charge in [0.15, 0.2) is 0 Å².